The van der Waals surface area contributed by atoms with E-state index in [-0.39, 0.29) is 5.63 Å². The highest BCUT2D eigenvalue weighted by atomic mass is 32.2. The Balaban J connectivity index is 2.15. The third kappa shape index (κ3) is 5.03. The van der Waals surface area contributed by atoms with Crippen molar-refractivity contribution >= 4 is 27.9 Å². The minimum Gasteiger partial charge on any atom is -0.497 e. The van der Waals surface area contributed by atoms with Gasteiger partial charge in [0.15, 0.2) is 5.17 Å². The van der Waals surface area contributed by atoms with Crippen molar-refractivity contribution in [2.45, 2.75) is 26.0 Å². The number of fused-ring (bicyclic) bond motifs is 1. The lowest BCUT2D eigenvalue weighted by molar-refractivity contribution is 0.414. The summed E-state index contributed by atoms with van der Waals surface area (Å²) in [5.74, 6) is 1.83. The number of hydrogen-bond acceptors (Lipinski definition) is 5. The van der Waals surface area contributed by atoms with Crippen LogP contribution in [0.15, 0.2) is 38.5 Å². The number of methoxy groups -OCH3 is 1. The molecule has 0 atom stereocenters. The number of nitrogens with two attached hydrogens (primary N) is 1. The monoisotopic (exact) mass is 334 g/mol. The summed E-state index contributed by atoms with van der Waals surface area (Å²) in [6, 6.07) is 6.95. The molecule has 0 fully saturated rings. The highest BCUT2D eigenvalue weighted by Crippen LogP contribution is 2.25. The van der Waals surface area contributed by atoms with Gasteiger partial charge < -0.3 is 14.9 Å². The smallest absolute Gasteiger partial charge is 0.336 e. The van der Waals surface area contributed by atoms with Crippen LogP contribution in [0.2, 0.25) is 0 Å². The molecule has 0 aliphatic heterocycles. The molecular weight excluding hydrogens is 312 g/mol. The predicted octanol–water partition coefficient (Wildman–Crippen LogP) is 3.40. The number of thioether (sulfide) groups is 1. The lowest BCUT2D eigenvalue weighted by Crippen LogP contribution is -2.09. The van der Waals surface area contributed by atoms with Crippen molar-refractivity contribution in [1.29, 1.82) is 0 Å². The molecule has 1 heterocycles. The Morgan fingerprint density at radius 3 is 2.87 bits per heavy atom. The topological polar surface area (TPSA) is 77.8 Å². The lowest BCUT2D eigenvalue weighted by Gasteiger charge is -2.07. The SMILES string of the molecule is COc1ccc2c(CSC(N)=NCCC(C)C)cc(=O)oc2c1. The Labute approximate surface area is 139 Å². The molecule has 0 aliphatic carbocycles. The maximum Gasteiger partial charge on any atom is 0.336 e. The molecule has 0 unspecified atom stereocenters. The van der Waals surface area contributed by atoms with Crippen molar-refractivity contribution in [3.63, 3.8) is 0 Å². The van der Waals surface area contributed by atoms with E-state index in [1.54, 1.807) is 13.2 Å². The van der Waals surface area contributed by atoms with Gasteiger partial charge >= 0.3 is 5.63 Å². The van der Waals surface area contributed by atoms with Gasteiger partial charge in [0.1, 0.15) is 11.3 Å². The summed E-state index contributed by atoms with van der Waals surface area (Å²) in [6.07, 6.45) is 1.01. The Bertz CT molecular complexity index is 753. The summed E-state index contributed by atoms with van der Waals surface area (Å²) < 4.78 is 10.4. The van der Waals surface area contributed by atoms with Crippen LogP contribution in [0.4, 0.5) is 0 Å². The normalized spacial score (nSPS) is 12.1. The highest BCUT2D eigenvalue weighted by Gasteiger charge is 2.08. The molecule has 2 N–H and O–H groups in total. The molecule has 0 bridgehead atoms. The zero-order chi connectivity index (χ0) is 16.8. The van der Waals surface area contributed by atoms with Crippen molar-refractivity contribution in [1.82, 2.24) is 0 Å². The van der Waals surface area contributed by atoms with Crippen LogP contribution in [-0.2, 0) is 5.75 Å². The van der Waals surface area contributed by atoms with Crippen LogP contribution >= 0.6 is 11.8 Å². The zero-order valence-electron chi connectivity index (χ0n) is 13.7. The van der Waals surface area contributed by atoms with E-state index in [0.29, 0.717) is 28.2 Å². The van der Waals surface area contributed by atoms with Crippen LogP contribution in [-0.4, -0.2) is 18.8 Å². The van der Waals surface area contributed by atoms with Crippen LogP contribution in [0.3, 0.4) is 0 Å². The fraction of sp³-hybridized carbons (Fsp3) is 0.412. The number of benzene rings is 1. The summed E-state index contributed by atoms with van der Waals surface area (Å²) in [5.41, 5.74) is 6.95. The second-order valence-electron chi connectivity index (χ2n) is 5.64. The van der Waals surface area contributed by atoms with E-state index in [1.807, 2.05) is 12.1 Å². The van der Waals surface area contributed by atoms with Crippen LogP contribution < -0.4 is 16.1 Å². The van der Waals surface area contributed by atoms with Crippen LogP contribution in [0.1, 0.15) is 25.8 Å². The summed E-state index contributed by atoms with van der Waals surface area (Å²) in [5, 5.41) is 1.42. The number of nitrogens with zero attached hydrogens (tertiary/aromatic N) is 1. The first-order chi connectivity index (χ1) is 11.0. The molecule has 1 aromatic heterocycles. The van der Waals surface area contributed by atoms with E-state index in [1.165, 1.54) is 17.8 Å². The molecule has 0 amide bonds. The number of rotatable bonds is 6. The molecule has 2 aromatic rings. The minimum absolute atomic E-state index is 0.378. The summed E-state index contributed by atoms with van der Waals surface area (Å²) in [7, 11) is 1.58. The van der Waals surface area contributed by atoms with Crippen molar-refractivity contribution in [2.24, 2.45) is 16.6 Å². The van der Waals surface area contributed by atoms with E-state index in [4.69, 9.17) is 14.9 Å². The number of amidine groups is 1. The molecule has 0 radical (unpaired) electrons. The molecule has 2 rings (SSSR count). The van der Waals surface area contributed by atoms with Crippen molar-refractivity contribution in [3.8, 4) is 5.75 Å². The van der Waals surface area contributed by atoms with Gasteiger partial charge in [-0.15, -0.1) is 0 Å². The summed E-state index contributed by atoms with van der Waals surface area (Å²) in [4.78, 5) is 16.1. The predicted molar refractivity (Wildman–Crippen MR) is 96.3 cm³/mol. The van der Waals surface area contributed by atoms with Crippen molar-refractivity contribution in [3.05, 3.63) is 40.2 Å². The van der Waals surface area contributed by atoms with Gasteiger partial charge in [0.2, 0.25) is 0 Å². The Hall–Kier alpha value is -1.95. The fourth-order valence-corrected chi connectivity index (χ4v) is 2.81. The van der Waals surface area contributed by atoms with Gasteiger partial charge in [0, 0.05) is 29.8 Å². The number of aliphatic imine (C=N–C) groups is 1. The molecule has 0 saturated carbocycles. The van der Waals surface area contributed by atoms with Crippen molar-refractivity contribution < 1.29 is 9.15 Å². The largest absolute Gasteiger partial charge is 0.497 e. The average molecular weight is 334 g/mol. The van der Waals surface area contributed by atoms with E-state index in [2.05, 4.69) is 18.8 Å². The van der Waals surface area contributed by atoms with Crippen LogP contribution in [0, 0.1) is 5.92 Å². The standard InChI is InChI=1S/C17H22N2O3S/c1-11(2)6-7-19-17(18)23-10-12-8-16(20)22-15-9-13(21-3)4-5-14(12)15/h4-5,8-9,11H,6-7,10H2,1-3H3,(H2,18,19). The minimum atomic E-state index is -0.378. The Morgan fingerprint density at radius 1 is 1.39 bits per heavy atom. The average Bonchev–Trinajstić information content (AvgIpc) is 2.51. The zero-order valence-corrected chi connectivity index (χ0v) is 14.5. The highest BCUT2D eigenvalue weighted by molar-refractivity contribution is 8.13. The second-order valence-corrected chi connectivity index (χ2v) is 6.64. The molecular formula is C17H22N2O3S. The molecule has 0 saturated heterocycles. The van der Waals surface area contributed by atoms with E-state index >= 15 is 0 Å². The lowest BCUT2D eigenvalue weighted by atomic mass is 10.1. The van der Waals surface area contributed by atoms with Crippen LogP contribution in [0.25, 0.3) is 11.0 Å². The summed E-state index contributed by atoms with van der Waals surface area (Å²) in [6.45, 7) is 5.04. The van der Waals surface area contributed by atoms with E-state index in [9.17, 15) is 4.79 Å². The first-order valence-corrected chi connectivity index (χ1v) is 8.51. The maximum absolute atomic E-state index is 11.7. The second kappa shape index (κ2) is 8.06. The molecule has 5 nitrogen and oxygen atoms in total. The molecule has 124 valence electrons. The fourth-order valence-electron chi connectivity index (χ4n) is 2.09. The van der Waals surface area contributed by atoms with E-state index in [0.717, 1.165) is 23.9 Å². The maximum atomic E-state index is 11.7. The Morgan fingerprint density at radius 2 is 2.17 bits per heavy atom. The van der Waals surface area contributed by atoms with Gasteiger partial charge in [-0.1, -0.05) is 25.6 Å². The first kappa shape index (κ1) is 17.4. The Kier molecular flexibility index (Phi) is 6.10. The molecule has 6 heteroatoms. The first-order valence-electron chi connectivity index (χ1n) is 7.53. The summed E-state index contributed by atoms with van der Waals surface area (Å²) >= 11 is 1.43. The quantitative estimate of drug-likeness (QED) is 0.498. The molecule has 0 spiro atoms. The molecule has 23 heavy (non-hydrogen) atoms. The third-order valence-electron chi connectivity index (χ3n) is 3.39. The number of hydrogen-bond donors (Lipinski definition) is 1. The van der Waals surface area contributed by atoms with Gasteiger partial charge in [0.25, 0.3) is 0 Å². The van der Waals surface area contributed by atoms with Crippen molar-refractivity contribution in [2.75, 3.05) is 13.7 Å². The van der Waals surface area contributed by atoms with Gasteiger partial charge in [-0.2, -0.15) is 0 Å². The van der Waals surface area contributed by atoms with E-state index < -0.39 is 0 Å². The van der Waals surface area contributed by atoms with Gasteiger partial charge in [-0.05, 0) is 30.0 Å². The van der Waals surface area contributed by atoms with Gasteiger partial charge in [-0.25, -0.2) is 4.79 Å². The van der Waals surface area contributed by atoms with Gasteiger partial charge in [-0.3, -0.25) is 4.99 Å². The number of ether oxygens (including phenoxy) is 1. The molecule has 0 aliphatic rings. The van der Waals surface area contributed by atoms with Crippen LogP contribution in [0.5, 0.6) is 5.75 Å². The third-order valence-corrected chi connectivity index (χ3v) is 4.27. The molecule has 1 aromatic carbocycles. The van der Waals surface area contributed by atoms with Gasteiger partial charge in [0.05, 0.1) is 7.11 Å².